The van der Waals surface area contributed by atoms with Crippen molar-refractivity contribution in [3.8, 4) is 17.2 Å². The van der Waals surface area contributed by atoms with Crippen LogP contribution in [-0.2, 0) is 11.3 Å². The average Bonchev–Trinajstić information content (AvgIpc) is 3.58. The first-order valence-electron chi connectivity index (χ1n) is 9.99. The van der Waals surface area contributed by atoms with Gasteiger partial charge in [0.1, 0.15) is 12.4 Å². The maximum atomic E-state index is 13.2. The Morgan fingerprint density at radius 2 is 2.00 bits per heavy atom. The smallest absolute Gasteiger partial charge is 0.387 e. The molecule has 0 saturated heterocycles. The Bertz CT molecular complexity index is 956. The zero-order valence-electron chi connectivity index (χ0n) is 16.6. The van der Waals surface area contributed by atoms with Gasteiger partial charge in [0.15, 0.2) is 11.5 Å². The Kier molecular flexibility index (Phi) is 5.88. The molecule has 1 heterocycles. The minimum atomic E-state index is -2.93. The van der Waals surface area contributed by atoms with E-state index in [0.29, 0.717) is 18.7 Å². The van der Waals surface area contributed by atoms with E-state index in [1.165, 1.54) is 6.07 Å². The lowest BCUT2D eigenvalue weighted by Gasteiger charge is -2.26. The first-order valence-corrected chi connectivity index (χ1v) is 9.99. The third kappa shape index (κ3) is 4.56. The van der Waals surface area contributed by atoms with Crippen LogP contribution in [0.5, 0.6) is 17.2 Å². The summed E-state index contributed by atoms with van der Waals surface area (Å²) in [5.41, 5.74) is 2.27. The molecule has 5 nitrogen and oxygen atoms in total. The minimum Gasteiger partial charge on any atom is -0.490 e. The Morgan fingerprint density at radius 3 is 2.73 bits per heavy atom. The van der Waals surface area contributed by atoms with Gasteiger partial charge >= 0.3 is 6.61 Å². The average molecular weight is 415 g/mol. The predicted molar refractivity (Wildman–Crippen MR) is 108 cm³/mol. The SMILES string of the molecule is CCOc1cc(CN(C(=O)C2=Cc3ccccc3OC2)C2CC2)ccc1OC(F)F. The quantitative estimate of drug-likeness (QED) is 0.630. The standard InChI is InChI=1S/C23H23F2NO4/c1-2-28-21-11-15(7-10-20(21)30-23(24)25)13-26(18-8-9-18)22(27)17-12-16-5-3-4-6-19(16)29-14-17/h3-7,10-12,18,23H,2,8-9,13-14H2,1H3. The second kappa shape index (κ2) is 8.73. The first kappa shape index (κ1) is 20.2. The molecule has 0 N–H and O–H groups in total. The van der Waals surface area contributed by atoms with E-state index < -0.39 is 6.61 Å². The molecule has 158 valence electrons. The number of para-hydroxylation sites is 1. The molecule has 1 aliphatic carbocycles. The number of carbonyl (C=O) groups is 1. The lowest BCUT2D eigenvalue weighted by atomic mass is 10.1. The molecule has 0 spiro atoms. The zero-order chi connectivity index (χ0) is 21.1. The van der Waals surface area contributed by atoms with Gasteiger partial charge in [-0.3, -0.25) is 4.79 Å². The number of hydrogen-bond acceptors (Lipinski definition) is 4. The zero-order valence-corrected chi connectivity index (χ0v) is 16.6. The fourth-order valence-electron chi connectivity index (χ4n) is 3.49. The van der Waals surface area contributed by atoms with Gasteiger partial charge in [-0.15, -0.1) is 0 Å². The van der Waals surface area contributed by atoms with Gasteiger partial charge in [0, 0.05) is 18.2 Å². The van der Waals surface area contributed by atoms with E-state index in [4.69, 9.17) is 9.47 Å². The minimum absolute atomic E-state index is 0.0140. The number of hydrogen-bond donors (Lipinski definition) is 0. The van der Waals surface area contributed by atoms with Crippen LogP contribution in [0, 0.1) is 0 Å². The summed E-state index contributed by atoms with van der Waals surface area (Å²) < 4.78 is 41.0. The lowest BCUT2D eigenvalue weighted by molar-refractivity contribution is -0.128. The van der Waals surface area contributed by atoms with Crippen molar-refractivity contribution in [1.29, 1.82) is 0 Å². The molecule has 2 aliphatic rings. The summed E-state index contributed by atoms with van der Waals surface area (Å²) in [7, 11) is 0. The van der Waals surface area contributed by atoms with Crippen LogP contribution in [-0.4, -0.2) is 36.7 Å². The third-order valence-electron chi connectivity index (χ3n) is 5.03. The molecule has 4 rings (SSSR count). The number of benzene rings is 2. The molecule has 1 amide bonds. The van der Waals surface area contributed by atoms with Crippen molar-refractivity contribution in [2.45, 2.75) is 39.0 Å². The van der Waals surface area contributed by atoms with Crippen LogP contribution in [0.2, 0.25) is 0 Å². The number of halogens is 2. The van der Waals surface area contributed by atoms with Gasteiger partial charge in [-0.1, -0.05) is 24.3 Å². The lowest BCUT2D eigenvalue weighted by Crippen LogP contribution is -2.35. The first-order chi connectivity index (χ1) is 14.5. The molecule has 2 aromatic carbocycles. The third-order valence-corrected chi connectivity index (χ3v) is 5.03. The molecule has 0 unspecified atom stereocenters. The van der Waals surface area contributed by atoms with E-state index in [1.54, 1.807) is 19.1 Å². The predicted octanol–water partition coefficient (Wildman–Crippen LogP) is 4.65. The van der Waals surface area contributed by atoms with Crippen LogP contribution in [0.4, 0.5) is 8.78 Å². The van der Waals surface area contributed by atoms with Crippen LogP contribution in [0.25, 0.3) is 6.08 Å². The van der Waals surface area contributed by atoms with Gasteiger partial charge in [0.25, 0.3) is 5.91 Å². The van der Waals surface area contributed by atoms with Crippen molar-refractivity contribution in [3.63, 3.8) is 0 Å². The van der Waals surface area contributed by atoms with E-state index in [1.807, 2.05) is 35.2 Å². The van der Waals surface area contributed by atoms with Crippen LogP contribution < -0.4 is 14.2 Å². The maximum absolute atomic E-state index is 13.2. The fourth-order valence-corrected chi connectivity index (χ4v) is 3.49. The Balaban J connectivity index is 1.55. The number of carbonyl (C=O) groups excluding carboxylic acids is 1. The molecule has 30 heavy (non-hydrogen) atoms. The molecule has 1 aliphatic heterocycles. The van der Waals surface area contributed by atoms with Crippen LogP contribution in [0.1, 0.15) is 30.9 Å². The highest BCUT2D eigenvalue weighted by atomic mass is 19.3. The van der Waals surface area contributed by atoms with Crippen molar-refractivity contribution < 1.29 is 27.8 Å². The van der Waals surface area contributed by atoms with Crippen molar-refractivity contribution in [1.82, 2.24) is 4.90 Å². The molecular weight excluding hydrogens is 392 g/mol. The summed E-state index contributed by atoms with van der Waals surface area (Å²) in [5, 5.41) is 0. The Hall–Kier alpha value is -3.09. The summed E-state index contributed by atoms with van der Waals surface area (Å²) in [4.78, 5) is 15.1. The number of rotatable bonds is 8. The van der Waals surface area contributed by atoms with E-state index in [9.17, 15) is 13.6 Å². The number of ether oxygens (including phenoxy) is 3. The number of alkyl halides is 2. The highest BCUT2D eigenvalue weighted by molar-refractivity contribution is 5.99. The number of fused-ring (bicyclic) bond motifs is 1. The summed E-state index contributed by atoms with van der Waals surface area (Å²) in [5.74, 6) is 0.924. The fraction of sp³-hybridized carbons (Fsp3) is 0.348. The van der Waals surface area contributed by atoms with Crippen LogP contribution >= 0.6 is 0 Å². The molecule has 1 fully saturated rings. The second-order valence-corrected chi connectivity index (χ2v) is 7.25. The van der Waals surface area contributed by atoms with E-state index in [-0.39, 0.29) is 30.1 Å². The van der Waals surface area contributed by atoms with Crippen LogP contribution in [0.15, 0.2) is 48.0 Å². The molecule has 2 aromatic rings. The van der Waals surface area contributed by atoms with E-state index >= 15 is 0 Å². The number of amides is 1. The maximum Gasteiger partial charge on any atom is 0.387 e. The van der Waals surface area contributed by atoms with Gasteiger partial charge in [-0.2, -0.15) is 8.78 Å². The van der Waals surface area contributed by atoms with Gasteiger partial charge in [0.2, 0.25) is 0 Å². The van der Waals surface area contributed by atoms with E-state index in [2.05, 4.69) is 4.74 Å². The topological polar surface area (TPSA) is 48.0 Å². The van der Waals surface area contributed by atoms with Gasteiger partial charge < -0.3 is 19.1 Å². The Labute approximate surface area is 173 Å². The van der Waals surface area contributed by atoms with Crippen LogP contribution in [0.3, 0.4) is 0 Å². The van der Waals surface area contributed by atoms with Crippen molar-refractivity contribution >= 4 is 12.0 Å². The van der Waals surface area contributed by atoms with Crippen molar-refractivity contribution in [2.24, 2.45) is 0 Å². The summed E-state index contributed by atoms with van der Waals surface area (Å²) in [6.07, 6.45) is 3.77. The molecular formula is C23H23F2NO4. The van der Waals surface area contributed by atoms with Gasteiger partial charge in [0.05, 0.1) is 12.2 Å². The molecule has 0 bridgehead atoms. The summed E-state index contributed by atoms with van der Waals surface area (Å²) in [6, 6.07) is 12.6. The molecule has 0 aromatic heterocycles. The largest absolute Gasteiger partial charge is 0.490 e. The highest BCUT2D eigenvalue weighted by Gasteiger charge is 2.34. The van der Waals surface area contributed by atoms with Crippen molar-refractivity contribution in [3.05, 3.63) is 59.2 Å². The van der Waals surface area contributed by atoms with Gasteiger partial charge in [-0.05, 0) is 49.6 Å². The normalized spacial score (nSPS) is 15.1. The van der Waals surface area contributed by atoms with Gasteiger partial charge in [-0.25, -0.2) is 0 Å². The van der Waals surface area contributed by atoms with E-state index in [0.717, 1.165) is 29.7 Å². The molecule has 7 heteroatoms. The molecule has 1 saturated carbocycles. The monoisotopic (exact) mass is 415 g/mol. The Morgan fingerprint density at radius 1 is 1.20 bits per heavy atom. The second-order valence-electron chi connectivity index (χ2n) is 7.25. The number of nitrogens with zero attached hydrogens (tertiary/aromatic N) is 1. The summed E-state index contributed by atoms with van der Waals surface area (Å²) >= 11 is 0. The molecule has 0 atom stereocenters. The highest BCUT2D eigenvalue weighted by Crippen LogP contribution is 2.34. The molecule has 0 radical (unpaired) electrons. The summed E-state index contributed by atoms with van der Waals surface area (Å²) in [6.45, 7) is -0.257. The van der Waals surface area contributed by atoms with Crippen molar-refractivity contribution in [2.75, 3.05) is 13.2 Å².